The lowest BCUT2D eigenvalue weighted by atomic mass is 10.1. The molecule has 27 heavy (non-hydrogen) atoms. The van der Waals surface area contributed by atoms with Gasteiger partial charge in [0, 0.05) is 30.1 Å². The van der Waals surface area contributed by atoms with Crippen LogP contribution in [0.1, 0.15) is 18.5 Å². The predicted octanol–water partition coefficient (Wildman–Crippen LogP) is 1.68. The summed E-state index contributed by atoms with van der Waals surface area (Å²) in [5.74, 6) is 0.385. The van der Waals surface area contributed by atoms with Gasteiger partial charge in [-0.15, -0.1) is 0 Å². The Balaban J connectivity index is 1.91. The van der Waals surface area contributed by atoms with Crippen molar-refractivity contribution in [1.29, 1.82) is 0 Å². The number of nitrogens with one attached hydrogen (secondary N) is 1. The molecule has 3 aromatic rings. The van der Waals surface area contributed by atoms with Crippen LogP contribution in [0.15, 0.2) is 65.7 Å². The first kappa shape index (κ1) is 18.8. The Kier molecular flexibility index (Phi) is 5.95. The molecule has 2 atom stereocenters. The fourth-order valence-electron chi connectivity index (χ4n) is 2.79. The molecule has 0 radical (unpaired) electrons. The summed E-state index contributed by atoms with van der Waals surface area (Å²) >= 11 is 0. The highest BCUT2D eigenvalue weighted by Gasteiger charge is 2.14. The molecule has 7 heteroatoms. The molecule has 0 fully saturated rings. The molecule has 0 saturated heterocycles. The van der Waals surface area contributed by atoms with Gasteiger partial charge < -0.3 is 20.1 Å². The topological polar surface area (TPSA) is 100 Å². The second-order valence-electron chi connectivity index (χ2n) is 6.26. The van der Waals surface area contributed by atoms with Crippen LogP contribution < -0.4 is 10.9 Å². The molecule has 0 amide bonds. The highest BCUT2D eigenvalue weighted by atomic mass is 16.3. The first-order valence-corrected chi connectivity index (χ1v) is 8.71. The molecule has 3 N–H and O–H groups in total. The summed E-state index contributed by atoms with van der Waals surface area (Å²) in [6, 6.07) is 13.8. The fourth-order valence-corrected chi connectivity index (χ4v) is 2.79. The Bertz CT molecular complexity index is 943. The lowest BCUT2D eigenvalue weighted by Gasteiger charge is -2.18. The molecule has 2 aromatic heterocycles. The number of anilines is 1. The van der Waals surface area contributed by atoms with E-state index in [-0.39, 0.29) is 24.8 Å². The molecule has 0 spiro atoms. The maximum atomic E-state index is 12.7. The van der Waals surface area contributed by atoms with Crippen LogP contribution in [-0.2, 0) is 0 Å². The van der Waals surface area contributed by atoms with E-state index in [2.05, 4.69) is 15.3 Å². The lowest BCUT2D eigenvalue weighted by Crippen LogP contribution is -2.26. The third kappa shape index (κ3) is 4.39. The van der Waals surface area contributed by atoms with Crippen molar-refractivity contribution in [3.63, 3.8) is 0 Å². The normalized spacial score (nSPS) is 13.1. The summed E-state index contributed by atoms with van der Waals surface area (Å²) in [4.78, 5) is 21.2. The van der Waals surface area contributed by atoms with Crippen LogP contribution in [0, 0.1) is 0 Å². The third-order valence-electron chi connectivity index (χ3n) is 4.24. The largest absolute Gasteiger partial charge is 0.394 e. The zero-order chi connectivity index (χ0) is 19.2. The van der Waals surface area contributed by atoms with Gasteiger partial charge in [-0.2, -0.15) is 0 Å². The van der Waals surface area contributed by atoms with E-state index >= 15 is 0 Å². The molecule has 1 aromatic carbocycles. The molecule has 0 saturated carbocycles. The van der Waals surface area contributed by atoms with Crippen molar-refractivity contribution < 1.29 is 10.2 Å². The van der Waals surface area contributed by atoms with Gasteiger partial charge in [-0.25, -0.2) is 9.97 Å². The fraction of sp³-hybridized carbons (Fsp3) is 0.250. The molecule has 0 aliphatic carbocycles. The van der Waals surface area contributed by atoms with E-state index in [1.54, 1.807) is 24.5 Å². The van der Waals surface area contributed by atoms with Crippen LogP contribution in [-0.4, -0.2) is 44.0 Å². The number of aliphatic hydroxyl groups is 2. The van der Waals surface area contributed by atoms with Crippen molar-refractivity contribution in [2.24, 2.45) is 0 Å². The van der Waals surface area contributed by atoms with Crippen LogP contribution in [0.2, 0.25) is 0 Å². The van der Waals surface area contributed by atoms with Crippen molar-refractivity contribution in [2.45, 2.75) is 19.0 Å². The number of aromatic nitrogens is 3. The number of rotatable bonds is 7. The van der Waals surface area contributed by atoms with Crippen LogP contribution in [0.3, 0.4) is 0 Å². The first-order valence-electron chi connectivity index (χ1n) is 8.71. The summed E-state index contributed by atoms with van der Waals surface area (Å²) in [7, 11) is 0. The van der Waals surface area contributed by atoms with Crippen LogP contribution in [0.4, 0.5) is 5.95 Å². The van der Waals surface area contributed by atoms with Gasteiger partial charge in [0.1, 0.15) is 0 Å². The van der Waals surface area contributed by atoms with Gasteiger partial charge in [-0.1, -0.05) is 30.3 Å². The van der Waals surface area contributed by atoms with Crippen molar-refractivity contribution in [3.05, 3.63) is 76.8 Å². The van der Waals surface area contributed by atoms with E-state index in [9.17, 15) is 9.90 Å². The smallest absolute Gasteiger partial charge is 0.251 e. The highest BCUT2D eigenvalue weighted by Crippen LogP contribution is 2.19. The van der Waals surface area contributed by atoms with Gasteiger partial charge in [0.2, 0.25) is 5.95 Å². The summed E-state index contributed by atoms with van der Waals surface area (Å²) < 4.78 is 1.51. The maximum Gasteiger partial charge on any atom is 0.251 e. The SMILES string of the molecule is CC(CO)Nc1nccc(-c2ccn(C(CO)c3ccccc3)c(=O)c2)n1. The van der Waals surface area contributed by atoms with Crippen molar-refractivity contribution in [2.75, 3.05) is 18.5 Å². The zero-order valence-corrected chi connectivity index (χ0v) is 15.0. The summed E-state index contributed by atoms with van der Waals surface area (Å²) in [6.07, 6.45) is 3.26. The van der Waals surface area contributed by atoms with Crippen LogP contribution in [0.5, 0.6) is 0 Å². The molecular weight excluding hydrogens is 344 g/mol. The van der Waals surface area contributed by atoms with Gasteiger partial charge in [0.25, 0.3) is 5.56 Å². The molecular formula is C20H22N4O3. The van der Waals surface area contributed by atoms with E-state index in [4.69, 9.17) is 5.11 Å². The Morgan fingerprint density at radius 1 is 1.11 bits per heavy atom. The van der Waals surface area contributed by atoms with Gasteiger partial charge in [0.05, 0.1) is 24.9 Å². The van der Waals surface area contributed by atoms with E-state index in [1.807, 2.05) is 37.3 Å². The van der Waals surface area contributed by atoms with Gasteiger partial charge in [-0.05, 0) is 24.6 Å². The third-order valence-corrected chi connectivity index (χ3v) is 4.24. The second-order valence-corrected chi connectivity index (χ2v) is 6.26. The summed E-state index contributed by atoms with van der Waals surface area (Å²) in [6.45, 7) is 1.60. The minimum Gasteiger partial charge on any atom is -0.394 e. The molecule has 3 rings (SSSR count). The number of pyridine rings is 1. The van der Waals surface area contributed by atoms with Gasteiger partial charge in [0.15, 0.2) is 0 Å². The van der Waals surface area contributed by atoms with Crippen LogP contribution >= 0.6 is 0 Å². The highest BCUT2D eigenvalue weighted by molar-refractivity contribution is 5.59. The molecule has 2 heterocycles. The van der Waals surface area contributed by atoms with E-state index in [1.165, 1.54) is 10.6 Å². The van der Waals surface area contributed by atoms with Crippen LogP contribution in [0.25, 0.3) is 11.3 Å². The lowest BCUT2D eigenvalue weighted by molar-refractivity contribution is 0.247. The summed E-state index contributed by atoms with van der Waals surface area (Å²) in [5, 5.41) is 21.9. The molecule has 2 unspecified atom stereocenters. The van der Waals surface area contributed by atoms with E-state index in [0.29, 0.717) is 17.2 Å². The van der Waals surface area contributed by atoms with Crippen molar-refractivity contribution in [1.82, 2.24) is 14.5 Å². The van der Waals surface area contributed by atoms with E-state index in [0.717, 1.165) is 5.56 Å². The molecule has 0 aliphatic heterocycles. The number of aliphatic hydroxyl groups excluding tert-OH is 2. The number of nitrogens with zero attached hydrogens (tertiary/aromatic N) is 3. The minimum atomic E-state index is -0.444. The average Bonchev–Trinajstić information content (AvgIpc) is 2.70. The minimum absolute atomic E-state index is 0.0360. The first-order chi connectivity index (χ1) is 13.1. The summed E-state index contributed by atoms with van der Waals surface area (Å²) in [5.41, 5.74) is 1.89. The maximum absolute atomic E-state index is 12.7. The number of hydrogen-bond acceptors (Lipinski definition) is 6. The number of hydrogen-bond donors (Lipinski definition) is 3. The Morgan fingerprint density at radius 2 is 1.89 bits per heavy atom. The Labute approximate surface area is 157 Å². The Hall–Kier alpha value is -3.03. The quantitative estimate of drug-likeness (QED) is 0.588. The standard InChI is InChI=1S/C20H22N4O3/c1-14(12-25)22-20-21-9-7-17(23-20)16-8-10-24(19(27)11-16)18(13-26)15-5-3-2-4-6-15/h2-11,14,18,25-26H,12-13H2,1H3,(H,21,22,23). The van der Waals surface area contributed by atoms with Gasteiger partial charge in [-0.3, -0.25) is 4.79 Å². The van der Waals surface area contributed by atoms with Crippen molar-refractivity contribution >= 4 is 5.95 Å². The van der Waals surface area contributed by atoms with E-state index < -0.39 is 6.04 Å². The Morgan fingerprint density at radius 3 is 2.56 bits per heavy atom. The molecule has 7 nitrogen and oxygen atoms in total. The second kappa shape index (κ2) is 8.57. The molecule has 140 valence electrons. The number of benzene rings is 1. The predicted molar refractivity (Wildman–Crippen MR) is 104 cm³/mol. The molecule has 0 aliphatic rings. The average molecular weight is 366 g/mol. The molecule has 0 bridgehead atoms. The van der Waals surface area contributed by atoms with Crippen molar-refractivity contribution in [3.8, 4) is 11.3 Å². The monoisotopic (exact) mass is 366 g/mol. The van der Waals surface area contributed by atoms with Gasteiger partial charge >= 0.3 is 0 Å². The zero-order valence-electron chi connectivity index (χ0n) is 15.0.